The Morgan fingerprint density at radius 2 is 1.64 bits per heavy atom. The lowest BCUT2D eigenvalue weighted by atomic mass is 9.73. The number of nitrogens with two attached hydrogens (primary N) is 1. The van der Waals surface area contributed by atoms with E-state index >= 15 is 0 Å². The van der Waals surface area contributed by atoms with E-state index in [1.54, 1.807) is 0 Å². The first-order chi connectivity index (χ1) is 15.5. The van der Waals surface area contributed by atoms with E-state index in [0.29, 0.717) is 31.6 Å². The molecule has 0 saturated carbocycles. The van der Waals surface area contributed by atoms with E-state index in [0.717, 1.165) is 31.7 Å². The van der Waals surface area contributed by atoms with Gasteiger partial charge in [-0.1, -0.05) is 13.8 Å². The van der Waals surface area contributed by atoms with Gasteiger partial charge in [-0.25, -0.2) is 16.8 Å². The largest absolute Gasteiger partial charge is 0.369 e. The van der Waals surface area contributed by atoms with Crippen LogP contribution in [0.2, 0.25) is 0 Å². The molecule has 4 saturated heterocycles. The van der Waals surface area contributed by atoms with Crippen molar-refractivity contribution in [1.82, 2.24) is 4.90 Å². The number of hydrogen-bond acceptors (Lipinski definition) is 8. The lowest BCUT2D eigenvalue weighted by Gasteiger charge is -2.48. The Balaban J connectivity index is 1.47. The van der Waals surface area contributed by atoms with E-state index in [1.165, 1.54) is 5.69 Å². The van der Waals surface area contributed by atoms with Crippen LogP contribution in [-0.4, -0.2) is 96.6 Å². The van der Waals surface area contributed by atoms with E-state index in [9.17, 15) is 16.8 Å². The highest BCUT2D eigenvalue weighted by Crippen LogP contribution is 2.43. The predicted molar refractivity (Wildman–Crippen MR) is 134 cm³/mol. The van der Waals surface area contributed by atoms with Crippen LogP contribution >= 0.6 is 0 Å². The van der Waals surface area contributed by atoms with Gasteiger partial charge in [0.05, 0.1) is 23.0 Å². The minimum atomic E-state index is -3.10. The van der Waals surface area contributed by atoms with Crippen molar-refractivity contribution in [2.45, 2.75) is 26.3 Å². The first-order valence-electron chi connectivity index (χ1n) is 11.9. The average molecular weight is 499 g/mol. The van der Waals surface area contributed by atoms with E-state index in [-0.39, 0.29) is 35.0 Å². The lowest BCUT2D eigenvalue weighted by molar-refractivity contribution is 0.191. The van der Waals surface area contributed by atoms with Gasteiger partial charge >= 0.3 is 0 Å². The molecule has 0 aromatic heterocycles. The predicted octanol–water partition coefficient (Wildman–Crippen LogP) is 0.832. The molecule has 0 aliphatic carbocycles. The van der Waals surface area contributed by atoms with Crippen LogP contribution in [0.5, 0.6) is 0 Å². The van der Waals surface area contributed by atoms with Gasteiger partial charge < -0.3 is 15.5 Å². The summed E-state index contributed by atoms with van der Waals surface area (Å²) in [5.74, 6) is 1.15. The smallest absolute Gasteiger partial charge is 0.153 e. The number of nitrogens with zero attached hydrogens (tertiary/aromatic N) is 3. The molecule has 5 rings (SSSR count). The van der Waals surface area contributed by atoms with E-state index in [2.05, 4.69) is 52.8 Å². The van der Waals surface area contributed by atoms with Crippen LogP contribution in [0.4, 0.5) is 11.4 Å². The third-order valence-corrected chi connectivity index (χ3v) is 10.8. The molecule has 33 heavy (non-hydrogen) atoms. The monoisotopic (exact) mass is 498 g/mol. The van der Waals surface area contributed by atoms with Crippen LogP contribution in [0.1, 0.15) is 20.3 Å². The Morgan fingerprint density at radius 3 is 2.27 bits per heavy atom. The van der Waals surface area contributed by atoms with Crippen LogP contribution in [0.25, 0.3) is 0 Å². The van der Waals surface area contributed by atoms with Crippen molar-refractivity contribution in [3.05, 3.63) is 24.3 Å². The SMILES string of the molecule is CC1(C)CC2CN(CCS(=O)(=O)CCN)CC1N(c1ccc(N3CCS(=O)(=O)CC3)cc1)C2. The van der Waals surface area contributed by atoms with Crippen molar-refractivity contribution in [1.29, 1.82) is 0 Å². The van der Waals surface area contributed by atoms with E-state index in [1.807, 2.05) is 0 Å². The van der Waals surface area contributed by atoms with Crippen molar-refractivity contribution < 1.29 is 16.8 Å². The van der Waals surface area contributed by atoms with Gasteiger partial charge in [0.25, 0.3) is 0 Å². The van der Waals surface area contributed by atoms with Crippen molar-refractivity contribution in [3.8, 4) is 0 Å². The molecule has 10 heteroatoms. The zero-order chi connectivity index (χ0) is 23.9. The normalized spacial score (nSPS) is 27.5. The Bertz CT molecular complexity index is 1030. The number of piperidine rings is 1. The van der Waals surface area contributed by atoms with Crippen molar-refractivity contribution in [2.24, 2.45) is 17.1 Å². The lowest BCUT2D eigenvalue weighted by Crippen LogP contribution is -2.54. The number of fused-ring (bicyclic) bond motifs is 4. The molecule has 2 bridgehead atoms. The fourth-order valence-electron chi connectivity index (χ4n) is 5.77. The molecule has 186 valence electrons. The molecule has 0 spiro atoms. The average Bonchev–Trinajstić information content (AvgIpc) is 2.99. The van der Waals surface area contributed by atoms with Crippen LogP contribution in [0.15, 0.2) is 24.3 Å². The summed E-state index contributed by atoms with van der Waals surface area (Å²) in [5.41, 5.74) is 7.85. The number of benzene rings is 1. The van der Waals surface area contributed by atoms with Gasteiger partial charge in [0.15, 0.2) is 19.7 Å². The Kier molecular flexibility index (Phi) is 7.02. The van der Waals surface area contributed by atoms with E-state index < -0.39 is 19.7 Å². The highest BCUT2D eigenvalue weighted by molar-refractivity contribution is 7.91. The zero-order valence-corrected chi connectivity index (χ0v) is 21.5. The molecule has 2 N–H and O–H groups in total. The Morgan fingerprint density at radius 1 is 1.00 bits per heavy atom. The molecular weight excluding hydrogens is 460 g/mol. The van der Waals surface area contributed by atoms with Gasteiger partial charge in [-0.15, -0.1) is 0 Å². The van der Waals surface area contributed by atoms with Gasteiger partial charge in [-0.3, -0.25) is 4.90 Å². The Labute approximate surface area is 198 Å². The molecule has 0 radical (unpaired) electrons. The fraction of sp³-hybridized carbons (Fsp3) is 0.739. The summed E-state index contributed by atoms with van der Waals surface area (Å²) < 4.78 is 47.9. The summed E-state index contributed by atoms with van der Waals surface area (Å²) in [6, 6.07) is 8.84. The van der Waals surface area contributed by atoms with E-state index in [4.69, 9.17) is 5.73 Å². The summed E-state index contributed by atoms with van der Waals surface area (Å²) in [6.07, 6.45) is 1.14. The quantitative estimate of drug-likeness (QED) is 0.590. The molecule has 4 heterocycles. The van der Waals surface area contributed by atoms with Crippen LogP contribution < -0.4 is 15.5 Å². The summed E-state index contributed by atoms with van der Waals surface area (Å²) in [7, 11) is -5.99. The molecule has 1 aromatic carbocycles. The fourth-order valence-corrected chi connectivity index (χ4v) is 8.07. The first kappa shape index (κ1) is 24.8. The maximum atomic E-state index is 12.2. The third kappa shape index (κ3) is 5.83. The third-order valence-electron chi connectivity index (χ3n) is 7.53. The van der Waals surface area contributed by atoms with Gasteiger partial charge in [0.1, 0.15) is 0 Å². The molecule has 2 unspecified atom stereocenters. The molecular formula is C23H38N4O4S2. The van der Waals surface area contributed by atoms with Crippen LogP contribution in [0, 0.1) is 11.3 Å². The Hall–Kier alpha value is -1.36. The first-order valence-corrected chi connectivity index (χ1v) is 15.6. The van der Waals surface area contributed by atoms with Gasteiger partial charge in [0, 0.05) is 63.2 Å². The maximum Gasteiger partial charge on any atom is 0.153 e. The topological polar surface area (TPSA) is 104 Å². The molecule has 0 amide bonds. The number of hydrogen-bond donors (Lipinski definition) is 1. The highest BCUT2D eigenvalue weighted by atomic mass is 32.2. The van der Waals surface area contributed by atoms with Crippen molar-refractivity contribution >= 4 is 31.0 Å². The highest BCUT2D eigenvalue weighted by Gasteiger charge is 2.45. The molecule has 4 fully saturated rings. The number of sulfone groups is 2. The number of anilines is 2. The molecule has 1 aromatic rings. The molecule has 2 atom stereocenters. The van der Waals surface area contributed by atoms with Gasteiger partial charge in [-0.2, -0.15) is 0 Å². The van der Waals surface area contributed by atoms with Gasteiger partial charge in [-0.05, 0) is 42.0 Å². The number of rotatable bonds is 7. The standard InChI is InChI=1S/C23H38N4O4S2/c1-23(2)15-19-16-25(8-12-32(28,29)11-7-24)18-22(23)27(17-19)21-5-3-20(4-6-21)26-9-13-33(30,31)14-10-26/h3-6,19,22H,7-18,24H2,1-2H3. The molecule has 8 nitrogen and oxygen atoms in total. The van der Waals surface area contributed by atoms with Crippen LogP contribution in [-0.2, 0) is 19.7 Å². The second-order valence-electron chi connectivity index (χ2n) is 10.6. The van der Waals surface area contributed by atoms with Crippen molar-refractivity contribution in [2.75, 3.05) is 78.6 Å². The van der Waals surface area contributed by atoms with Crippen molar-refractivity contribution in [3.63, 3.8) is 0 Å². The molecule has 4 aliphatic heterocycles. The summed E-state index contributed by atoms with van der Waals surface area (Å²) in [4.78, 5) is 6.99. The van der Waals surface area contributed by atoms with Crippen LogP contribution in [0.3, 0.4) is 0 Å². The second kappa shape index (κ2) is 9.36. The molecule has 4 aliphatic rings. The maximum absolute atomic E-state index is 12.2. The minimum absolute atomic E-state index is 0.0562. The summed E-state index contributed by atoms with van der Waals surface area (Å²) >= 11 is 0. The summed E-state index contributed by atoms with van der Waals surface area (Å²) in [5, 5.41) is 0. The second-order valence-corrected chi connectivity index (χ2v) is 15.2. The van der Waals surface area contributed by atoms with Gasteiger partial charge in [0.2, 0.25) is 0 Å². The summed E-state index contributed by atoms with van der Waals surface area (Å²) in [6.45, 7) is 9.25. The zero-order valence-electron chi connectivity index (χ0n) is 19.8. The minimum Gasteiger partial charge on any atom is -0.369 e.